The average Bonchev–Trinajstić information content (AvgIpc) is 2.59. The lowest BCUT2D eigenvalue weighted by Gasteiger charge is -2.25. The van der Waals surface area contributed by atoms with Gasteiger partial charge in [-0.25, -0.2) is 4.98 Å². The summed E-state index contributed by atoms with van der Waals surface area (Å²) in [4.78, 5) is 16.8. The van der Waals surface area contributed by atoms with Crippen LogP contribution in [0.3, 0.4) is 0 Å². The Morgan fingerprint density at radius 3 is 2.96 bits per heavy atom. The minimum atomic E-state index is -0.454. The van der Waals surface area contributed by atoms with E-state index < -0.39 is 6.10 Å². The number of para-hydroxylation sites is 1. The fourth-order valence-electron chi connectivity index (χ4n) is 3.01. The lowest BCUT2D eigenvalue weighted by atomic mass is 10.0. The van der Waals surface area contributed by atoms with Gasteiger partial charge in [-0.05, 0) is 49.9 Å². The molecule has 0 saturated heterocycles. The van der Waals surface area contributed by atoms with Gasteiger partial charge in [0.25, 0.3) is 5.91 Å². The van der Waals surface area contributed by atoms with Crippen LogP contribution in [-0.4, -0.2) is 24.1 Å². The Kier molecular flexibility index (Phi) is 4.69. The molecule has 126 valence electrons. The molecule has 0 aliphatic carbocycles. The van der Waals surface area contributed by atoms with Crippen LogP contribution in [-0.2, 0) is 17.8 Å². The number of carbonyl (C=O) groups excluding carboxylic acids is 1. The number of pyridine rings is 1. The van der Waals surface area contributed by atoms with Gasteiger partial charge in [0.15, 0.2) is 6.10 Å². The van der Waals surface area contributed by atoms with E-state index in [-0.39, 0.29) is 5.91 Å². The fraction of sp³-hybridized carbons (Fsp3) is 0.368. The highest BCUT2D eigenvalue weighted by atomic mass is 16.5. The third kappa shape index (κ3) is 3.35. The Bertz CT molecular complexity index is 758. The minimum absolute atomic E-state index is 0.105. The van der Waals surface area contributed by atoms with Crippen molar-refractivity contribution in [2.45, 2.75) is 39.3 Å². The summed E-state index contributed by atoms with van der Waals surface area (Å²) >= 11 is 0. The monoisotopic (exact) mass is 326 g/mol. The van der Waals surface area contributed by atoms with Gasteiger partial charge in [-0.1, -0.05) is 18.2 Å². The summed E-state index contributed by atoms with van der Waals surface area (Å²) in [6.07, 6.45) is 1.08. The number of carbonyl (C=O) groups is 1. The number of rotatable bonds is 4. The second-order valence-electron chi connectivity index (χ2n) is 6.04. The van der Waals surface area contributed by atoms with Crippen LogP contribution < -0.4 is 14.8 Å². The molecule has 3 rings (SSSR count). The predicted molar refractivity (Wildman–Crippen MR) is 91.3 cm³/mol. The molecule has 5 nitrogen and oxygen atoms in total. The minimum Gasteiger partial charge on any atom is -0.481 e. The molecule has 1 aliphatic heterocycles. The number of hydrogen-bond acceptors (Lipinski definition) is 4. The van der Waals surface area contributed by atoms with Gasteiger partial charge in [0.05, 0.1) is 7.11 Å². The quantitative estimate of drug-likeness (QED) is 0.938. The summed E-state index contributed by atoms with van der Waals surface area (Å²) in [5.41, 5.74) is 4.00. The van der Waals surface area contributed by atoms with E-state index in [1.165, 1.54) is 0 Å². The first-order valence-corrected chi connectivity index (χ1v) is 8.12. The molecular weight excluding hydrogens is 304 g/mol. The predicted octanol–water partition coefficient (Wildman–Crippen LogP) is 2.72. The summed E-state index contributed by atoms with van der Waals surface area (Å²) in [7, 11) is 1.59. The largest absolute Gasteiger partial charge is 0.481 e. The zero-order valence-corrected chi connectivity index (χ0v) is 14.3. The van der Waals surface area contributed by atoms with Crippen molar-refractivity contribution in [3.63, 3.8) is 0 Å². The molecule has 2 aromatic rings. The molecule has 0 fully saturated rings. The first-order valence-electron chi connectivity index (χ1n) is 8.12. The van der Waals surface area contributed by atoms with Crippen LogP contribution in [0.2, 0.25) is 0 Å². The molecule has 1 N–H and O–H groups in total. The van der Waals surface area contributed by atoms with Crippen LogP contribution in [0.15, 0.2) is 30.3 Å². The zero-order chi connectivity index (χ0) is 17.1. The Balaban J connectivity index is 1.67. The Morgan fingerprint density at radius 2 is 2.17 bits per heavy atom. The normalized spacial score (nSPS) is 16.0. The van der Waals surface area contributed by atoms with Crippen LogP contribution in [0.1, 0.15) is 28.8 Å². The zero-order valence-electron chi connectivity index (χ0n) is 14.3. The van der Waals surface area contributed by atoms with Crippen molar-refractivity contribution >= 4 is 5.91 Å². The summed E-state index contributed by atoms with van der Waals surface area (Å²) in [6.45, 7) is 4.29. The van der Waals surface area contributed by atoms with Crippen LogP contribution in [0.5, 0.6) is 11.6 Å². The van der Waals surface area contributed by atoms with E-state index in [1.54, 1.807) is 7.11 Å². The fourth-order valence-corrected chi connectivity index (χ4v) is 3.01. The van der Waals surface area contributed by atoms with Crippen molar-refractivity contribution in [1.82, 2.24) is 10.3 Å². The van der Waals surface area contributed by atoms with Gasteiger partial charge in [0.1, 0.15) is 5.75 Å². The molecule has 2 heterocycles. The van der Waals surface area contributed by atoms with Gasteiger partial charge < -0.3 is 14.8 Å². The van der Waals surface area contributed by atoms with Crippen molar-refractivity contribution in [3.05, 3.63) is 52.7 Å². The molecule has 1 amide bonds. The summed E-state index contributed by atoms with van der Waals surface area (Å²) in [6, 6.07) is 9.84. The molecule has 1 aromatic heterocycles. The third-order valence-corrected chi connectivity index (χ3v) is 4.28. The molecule has 1 atom stereocenters. The molecule has 0 spiro atoms. The van der Waals surface area contributed by atoms with Crippen molar-refractivity contribution in [3.8, 4) is 11.6 Å². The van der Waals surface area contributed by atoms with Crippen molar-refractivity contribution in [2.75, 3.05) is 7.11 Å². The van der Waals surface area contributed by atoms with E-state index in [1.807, 2.05) is 44.2 Å². The second-order valence-corrected chi connectivity index (χ2v) is 6.04. The third-order valence-electron chi connectivity index (χ3n) is 4.28. The topological polar surface area (TPSA) is 60.5 Å². The number of hydrogen-bond donors (Lipinski definition) is 1. The van der Waals surface area contributed by atoms with E-state index >= 15 is 0 Å². The van der Waals surface area contributed by atoms with Gasteiger partial charge in [0, 0.05) is 17.8 Å². The maximum atomic E-state index is 12.5. The summed E-state index contributed by atoms with van der Waals surface area (Å²) in [5.74, 6) is 1.25. The van der Waals surface area contributed by atoms with E-state index in [4.69, 9.17) is 9.47 Å². The standard InChI is InChI=1S/C19H22N2O3/c1-12-10-13(2)21-19(23-3)15(12)11-20-18(22)17-9-8-14-6-4-5-7-16(14)24-17/h4-7,10,17H,8-9,11H2,1-3H3,(H,20,22)/t17-/m0/s1. The van der Waals surface area contributed by atoms with Crippen molar-refractivity contribution in [1.29, 1.82) is 0 Å². The number of nitrogens with one attached hydrogen (secondary N) is 1. The Hall–Kier alpha value is -2.56. The van der Waals surface area contributed by atoms with Crippen LogP contribution in [0.25, 0.3) is 0 Å². The number of fused-ring (bicyclic) bond motifs is 1. The second kappa shape index (κ2) is 6.91. The van der Waals surface area contributed by atoms with Crippen LogP contribution >= 0.6 is 0 Å². The van der Waals surface area contributed by atoms with Gasteiger partial charge >= 0.3 is 0 Å². The highest BCUT2D eigenvalue weighted by molar-refractivity contribution is 5.81. The van der Waals surface area contributed by atoms with Gasteiger partial charge in [-0.2, -0.15) is 0 Å². The summed E-state index contributed by atoms with van der Waals surface area (Å²) in [5, 5.41) is 2.95. The highest BCUT2D eigenvalue weighted by Gasteiger charge is 2.26. The molecule has 0 radical (unpaired) electrons. The number of aryl methyl sites for hydroxylation is 3. The van der Waals surface area contributed by atoms with E-state index in [2.05, 4.69) is 10.3 Å². The van der Waals surface area contributed by atoms with Gasteiger partial charge in [-0.15, -0.1) is 0 Å². The van der Waals surface area contributed by atoms with E-state index in [0.29, 0.717) is 18.8 Å². The van der Waals surface area contributed by atoms with Crippen molar-refractivity contribution < 1.29 is 14.3 Å². The number of methoxy groups -OCH3 is 1. The maximum absolute atomic E-state index is 12.5. The SMILES string of the molecule is COc1nc(C)cc(C)c1CNC(=O)[C@@H]1CCc2ccccc2O1. The molecule has 1 aromatic carbocycles. The smallest absolute Gasteiger partial charge is 0.261 e. The summed E-state index contributed by atoms with van der Waals surface area (Å²) < 4.78 is 11.2. The molecular formula is C19H22N2O3. The number of ether oxygens (including phenoxy) is 2. The Labute approximate surface area is 142 Å². The first-order chi connectivity index (χ1) is 11.6. The van der Waals surface area contributed by atoms with Gasteiger partial charge in [-0.3, -0.25) is 4.79 Å². The maximum Gasteiger partial charge on any atom is 0.261 e. The lowest BCUT2D eigenvalue weighted by molar-refractivity contribution is -0.128. The van der Waals surface area contributed by atoms with E-state index in [9.17, 15) is 4.79 Å². The lowest BCUT2D eigenvalue weighted by Crippen LogP contribution is -2.40. The number of nitrogens with zero attached hydrogens (tertiary/aromatic N) is 1. The van der Waals surface area contributed by atoms with E-state index in [0.717, 1.165) is 34.6 Å². The Morgan fingerprint density at radius 1 is 1.38 bits per heavy atom. The van der Waals surface area contributed by atoms with Crippen LogP contribution in [0.4, 0.5) is 0 Å². The molecule has 24 heavy (non-hydrogen) atoms. The molecule has 1 aliphatic rings. The first kappa shape index (κ1) is 16.3. The number of amides is 1. The van der Waals surface area contributed by atoms with Crippen LogP contribution in [0, 0.1) is 13.8 Å². The number of aromatic nitrogens is 1. The van der Waals surface area contributed by atoms with Gasteiger partial charge in [0.2, 0.25) is 5.88 Å². The molecule has 0 bridgehead atoms. The van der Waals surface area contributed by atoms with Crippen molar-refractivity contribution in [2.24, 2.45) is 0 Å². The molecule has 5 heteroatoms. The molecule has 0 unspecified atom stereocenters. The number of benzene rings is 1. The highest BCUT2D eigenvalue weighted by Crippen LogP contribution is 2.27. The average molecular weight is 326 g/mol. The molecule has 0 saturated carbocycles.